The molecule has 1 aromatic heterocycles. The average Bonchev–Trinajstić information content (AvgIpc) is 2.99. The van der Waals surface area contributed by atoms with E-state index in [2.05, 4.69) is 11.8 Å². The van der Waals surface area contributed by atoms with Crippen LogP contribution >= 0.6 is 35.0 Å². The number of aliphatic hydroxyl groups excluding tert-OH is 1. The zero-order valence-electron chi connectivity index (χ0n) is 17.4. The summed E-state index contributed by atoms with van der Waals surface area (Å²) in [4.78, 5) is 12.6. The smallest absolute Gasteiger partial charge is 0.153 e. The number of nitrogens with zero attached hydrogens (tertiary/aromatic N) is 3. The summed E-state index contributed by atoms with van der Waals surface area (Å²) in [5.41, 5.74) is 8.18. The molecule has 1 saturated carbocycles. The molecule has 2 fully saturated rings. The average molecular weight is 467 g/mol. The van der Waals surface area contributed by atoms with E-state index in [9.17, 15) is 5.11 Å². The third-order valence-electron chi connectivity index (χ3n) is 6.61. The summed E-state index contributed by atoms with van der Waals surface area (Å²) in [7, 11) is 0. The Morgan fingerprint density at radius 1 is 1.27 bits per heavy atom. The van der Waals surface area contributed by atoms with Crippen LogP contribution in [0.15, 0.2) is 28.1 Å². The van der Waals surface area contributed by atoms with Crippen molar-refractivity contribution in [2.75, 3.05) is 18.0 Å². The molecule has 2 aliphatic rings. The summed E-state index contributed by atoms with van der Waals surface area (Å²) in [6.45, 7) is 5.89. The van der Waals surface area contributed by atoms with Gasteiger partial charge in [-0.15, -0.1) is 0 Å². The van der Waals surface area contributed by atoms with Crippen LogP contribution in [-0.4, -0.2) is 34.2 Å². The molecule has 1 saturated heterocycles. The van der Waals surface area contributed by atoms with Crippen LogP contribution in [-0.2, 0) is 6.61 Å². The minimum Gasteiger partial charge on any atom is -0.390 e. The number of piperidine rings is 1. The van der Waals surface area contributed by atoms with Crippen LogP contribution in [0.25, 0.3) is 0 Å². The quantitative estimate of drug-likeness (QED) is 0.653. The Bertz CT molecular complexity index is 934. The molecule has 1 aliphatic heterocycles. The van der Waals surface area contributed by atoms with E-state index in [0.29, 0.717) is 27.7 Å². The SMILES string of the molecule is Cc1nc(N2CCC3(CC2)C[C@H](C)C[C@H]3N)c(CO)nc1Sc1cccc(Cl)c1Cl. The molecule has 3 N–H and O–H groups in total. The van der Waals surface area contributed by atoms with E-state index in [1.54, 1.807) is 6.07 Å². The van der Waals surface area contributed by atoms with Gasteiger partial charge < -0.3 is 15.7 Å². The van der Waals surface area contributed by atoms with E-state index in [0.717, 1.165) is 53.8 Å². The molecule has 2 atom stereocenters. The van der Waals surface area contributed by atoms with Gasteiger partial charge in [-0.3, -0.25) is 0 Å². The monoisotopic (exact) mass is 466 g/mol. The lowest BCUT2D eigenvalue weighted by Crippen LogP contribution is -2.47. The molecule has 4 rings (SSSR count). The zero-order valence-corrected chi connectivity index (χ0v) is 19.7. The van der Waals surface area contributed by atoms with Crippen molar-refractivity contribution in [3.05, 3.63) is 39.6 Å². The summed E-state index contributed by atoms with van der Waals surface area (Å²) in [5.74, 6) is 1.49. The van der Waals surface area contributed by atoms with Crippen molar-refractivity contribution >= 4 is 40.8 Å². The molecule has 0 radical (unpaired) electrons. The maximum Gasteiger partial charge on any atom is 0.153 e. The van der Waals surface area contributed by atoms with E-state index in [4.69, 9.17) is 38.9 Å². The standard InChI is InChI=1S/C22H28Cl2N4OS/c1-13-10-18(25)22(11-13)6-8-28(9-7-22)20-16(12-29)27-21(14(2)26-20)30-17-5-3-4-15(23)19(17)24/h3-5,13,18,29H,6-12,25H2,1-2H3/t13-,18-/m1/s1. The fourth-order valence-electron chi connectivity index (χ4n) is 5.00. The molecule has 5 nitrogen and oxygen atoms in total. The number of anilines is 1. The Hall–Kier alpha value is -1.05. The molecule has 8 heteroatoms. The maximum absolute atomic E-state index is 10.0. The van der Waals surface area contributed by atoms with Crippen LogP contribution in [0.4, 0.5) is 5.82 Å². The topological polar surface area (TPSA) is 75.3 Å². The van der Waals surface area contributed by atoms with Crippen LogP contribution < -0.4 is 10.6 Å². The Morgan fingerprint density at radius 3 is 2.63 bits per heavy atom. The first-order chi connectivity index (χ1) is 14.3. The zero-order chi connectivity index (χ0) is 21.5. The van der Waals surface area contributed by atoms with Gasteiger partial charge >= 0.3 is 0 Å². The largest absolute Gasteiger partial charge is 0.390 e. The lowest BCUT2D eigenvalue weighted by atomic mass is 9.74. The van der Waals surface area contributed by atoms with Crippen molar-refractivity contribution in [2.45, 2.75) is 62.1 Å². The Morgan fingerprint density at radius 2 is 2.00 bits per heavy atom. The van der Waals surface area contributed by atoms with Gasteiger partial charge in [-0.05, 0) is 56.1 Å². The lowest BCUT2D eigenvalue weighted by molar-refractivity contribution is 0.192. The maximum atomic E-state index is 10.0. The normalized spacial score (nSPS) is 23.3. The van der Waals surface area contributed by atoms with Gasteiger partial charge in [0.05, 0.1) is 22.3 Å². The van der Waals surface area contributed by atoms with Crippen molar-refractivity contribution in [3.8, 4) is 0 Å². The van der Waals surface area contributed by atoms with E-state index in [-0.39, 0.29) is 12.0 Å². The first-order valence-electron chi connectivity index (χ1n) is 10.4. The van der Waals surface area contributed by atoms with Crippen molar-refractivity contribution in [2.24, 2.45) is 17.1 Å². The van der Waals surface area contributed by atoms with Crippen molar-refractivity contribution in [1.29, 1.82) is 0 Å². The highest BCUT2D eigenvalue weighted by Crippen LogP contribution is 2.48. The van der Waals surface area contributed by atoms with Gasteiger partial charge in [0.1, 0.15) is 10.7 Å². The molecular weight excluding hydrogens is 439 g/mol. The highest BCUT2D eigenvalue weighted by Gasteiger charge is 2.46. The number of aryl methyl sites for hydroxylation is 1. The first kappa shape index (κ1) is 22.2. The summed E-state index contributed by atoms with van der Waals surface area (Å²) >= 11 is 13.9. The van der Waals surface area contributed by atoms with Gasteiger partial charge in [-0.25, -0.2) is 9.97 Å². The number of aliphatic hydroxyl groups is 1. The number of halogens is 2. The molecule has 0 unspecified atom stereocenters. The predicted octanol–water partition coefficient (Wildman–Crippen LogP) is 5.08. The summed E-state index contributed by atoms with van der Waals surface area (Å²) < 4.78 is 0. The molecule has 30 heavy (non-hydrogen) atoms. The fourth-order valence-corrected chi connectivity index (χ4v) is 6.37. The van der Waals surface area contributed by atoms with Gasteiger partial charge in [0.25, 0.3) is 0 Å². The van der Waals surface area contributed by atoms with Gasteiger partial charge in [-0.1, -0.05) is 48.0 Å². The molecule has 2 heterocycles. The van der Waals surface area contributed by atoms with Gasteiger partial charge in [0.15, 0.2) is 5.82 Å². The Kier molecular flexibility index (Phi) is 6.52. The van der Waals surface area contributed by atoms with Crippen molar-refractivity contribution in [1.82, 2.24) is 9.97 Å². The summed E-state index contributed by atoms with van der Waals surface area (Å²) in [5, 5.41) is 11.7. The van der Waals surface area contributed by atoms with E-state index in [1.165, 1.54) is 18.2 Å². The van der Waals surface area contributed by atoms with Crippen molar-refractivity contribution in [3.63, 3.8) is 0 Å². The molecule has 162 valence electrons. The minimum atomic E-state index is -0.155. The highest BCUT2D eigenvalue weighted by atomic mass is 35.5. The second-order valence-electron chi connectivity index (χ2n) is 8.70. The molecule has 2 aromatic rings. The first-order valence-corrected chi connectivity index (χ1v) is 12.0. The third-order valence-corrected chi connectivity index (χ3v) is 8.68. The van der Waals surface area contributed by atoms with Crippen LogP contribution in [0.3, 0.4) is 0 Å². The van der Waals surface area contributed by atoms with Crippen LogP contribution in [0, 0.1) is 18.3 Å². The molecule has 1 aliphatic carbocycles. The van der Waals surface area contributed by atoms with Gasteiger partial charge in [-0.2, -0.15) is 0 Å². The number of hydrogen-bond donors (Lipinski definition) is 2. The molecule has 0 bridgehead atoms. The number of nitrogens with two attached hydrogens (primary N) is 1. The third kappa shape index (κ3) is 4.17. The van der Waals surface area contributed by atoms with Gasteiger partial charge in [0.2, 0.25) is 0 Å². The van der Waals surface area contributed by atoms with Crippen LogP contribution in [0.1, 0.15) is 44.0 Å². The lowest BCUT2D eigenvalue weighted by Gasteiger charge is -2.43. The summed E-state index contributed by atoms with van der Waals surface area (Å²) in [6, 6.07) is 5.82. The number of rotatable bonds is 4. The Labute approximate surface area is 192 Å². The highest BCUT2D eigenvalue weighted by molar-refractivity contribution is 7.99. The van der Waals surface area contributed by atoms with E-state index >= 15 is 0 Å². The molecule has 0 amide bonds. The minimum absolute atomic E-state index is 0.155. The van der Waals surface area contributed by atoms with E-state index in [1.807, 2.05) is 19.1 Å². The second kappa shape index (κ2) is 8.83. The van der Waals surface area contributed by atoms with Gasteiger partial charge in [0, 0.05) is 24.0 Å². The van der Waals surface area contributed by atoms with Crippen LogP contribution in [0.5, 0.6) is 0 Å². The fraction of sp³-hybridized carbons (Fsp3) is 0.545. The van der Waals surface area contributed by atoms with Crippen molar-refractivity contribution < 1.29 is 5.11 Å². The number of benzene rings is 1. The van der Waals surface area contributed by atoms with E-state index < -0.39 is 0 Å². The second-order valence-corrected chi connectivity index (χ2v) is 10.5. The molecule has 1 spiro atoms. The van der Waals surface area contributed by atoms with Crippen LogP contribution in [0.2, 0.25) is 10.0 Å². The number of aromatic nitrogens is 2. The molecule has 1 aromatic carbocycles. The number of hydrogen-bond acceptors (Lipinski definition) is 6. The predicted molar refractivity (Wildman–Crippen MR) is 124 cm³/mol. The Balaban J connectivity index is 1.55. The summed E-state index contributed by atoms with van der Waals surface area (Å²) in [6.07, 6.45) is 4.48. The molecular formula is C22H28Cl2N4OS.